The highest BCUT2D eigenvalue weighted by Gasteiger charge is 2.20. The first-order valence-corrected chi connectivity index (χ1v) is 7.65. The number of amides is 1. The summed E-state index contributed by atoms with van der Waals surface area (Å²) in [7, 11) is 0. The molecule has 0 bridgehead atoms. The molecule has 2 aromatic rings. The number of carbonyl (C=O) groups is 3. The largest absolute Gasteiger partial charge is 0.449 e. The van der Waals surface area contributed by atoms with Crippen LogP contribution in [-0.2, 0) is 9.53 Å². The van der Waals surface area contributed by atoms with Gasteiger partial charge in [0.15, 0.2) is 11.9 Å². The minimum absolute atomic E-state index is 0.0915. The number of nitro groups is 1. The van der Waals surface area contributed by atoms with Crippen LogP contribution >= 0.6 is 0 Å². The Balaban J connectivity index is 1.99. The Bertz CT molecular complexity index is 860. The van der Waals surface area contributed by atoms with Crippen LogP contribution in [0.5, 0.6) is 0 Å². The fourth-order valence-electron chi connectivity index (χ4n) is 2.06. The standard InChI is InChI=1S/C18H16N2O6/c1-11(21)14-4-3-5-15(10-14)19-17(22)12(2)26-18(23)13-6-8-16(9-7-13)20(24)25/h3-10,12H,1-2H3,(H,19,22)/t12-/m0/s1. The number of rotatable bonds is 6. The van der Waals surface area contributed by atoms with Crippen molar-refractivity contribution in [2.45, 2.75) is 20.0 Å². The molecular weight excluding hydrogens is 340 g/mol. The Morgan fingerprint density at radius 3 is 2.31 bits per heavy atom. The summed E-state index contributed by atoms with van der Waals surface area (Å²) in [5.74, 6) is -1.49. The summed E-state index contributed by atoms with van der Waals surface area (Å²) in [4.78, 5) is 45.5. The van der Waals surface area contributed by atoms with E-state index in [2.05, 4.69) is 5.32 Å². The molecule has 0 fully saturated rings. The quantitative estimate of drug-likeness (QED) is 0.368. The number of ether oxygens (including phenoxy) is 1. The monoisotopic (exact) mass is 356 g/mol. The Labute approximate surface area is 148 Å². The van der Waals surface area contributed by atoms with Gasteiger partial charge < -0.3 is 10.1 Å². The molecule has 2 rings (SSSR count). The molecule has 134 valence electrons. The maximum atomic E-state index is 12.1. The molecule has 8 nitrogen and oxygen atoms in total. The van der Waals surface area contributed by atoms with Gasteiger partial charge in [0.1, 0.15) is 0 Å². The Hall–Kier alpha value is -3.55. The van der Waals surface area contributed by atoms with Gasteiger partial charge in [0.05, 0.1) is 10.5 Å². The van der Waals surface area contributed by atoms with E-state index in [1.165, 1.54) is 44.2 Å². The van der Waals surface area contributed by atoms with Crippen molar-refractivity contribution in [1.29, 1.82) is 0 Å². The van der Waals surface area contributed by atoms with E-state index < -0.39 is 22.9 Å². The summed E-state index contributed by atoms with van der Waals surface area (Å²) in [5, 5.41) is 13.2. The SMILES string of the molecule is CC(=O)c1cccc(NC(=O)[C@H](C)OC(=O)c2ccc([N+](=O)[O-])cc2)c1. The molecular formula is C18H16N2O6. The number of hydrogen-bond donors (Lipinski definition) is 1. The Morgan fingerprint density at radius 2 is 1.73 bits per heavy atom. The average Bonchev–Trinajstić information content (AvgIpc) is 2.61. The van der Waals surface area contributed by atoms with E-state index in [4.69, 9.17) is 4.74 Å². The minimum Gasteiger partial charge on any atom is -0.449 e. The van der Waals surface area contributed by atoms with Gasteiger partial charge in [0, 0.05) is 23.4 Å². The second kappa shape index (κ2) is 8.02. The molecule has 0 aliphatic carbocycles. The fourth-order valence-corrected chi connectivity index (χ4v) is 2.06. The van der Waals surface area contributed by atoms with Crippen LogP contribution < -0.4 is 5.32 Å². The first kappa shape index (κ1) is 18.8. The fraction of sp³-hybridized carbons (Fsp3) is 0.167. The predicted octanol–water partition coefficient (Wildman–Crippen LogP) is 2.98. The number of ketones is 1. The van der Waals surface area contributed by atoms with Gasteiger partial charge in [-0.3, -0.25) is 19.7 Å². The van der Waals surface area contributed by atoms with E-state index in [-0.39, 0.29) is 17.0 Å². The number of esters is 1. The van der Waals surface area contributed by atoms with Crippen LogP contribution in [0.4, 0.5) is 11.4 Å². The smallest absolute Gasteiger partial charge is 0.338 e. The lowest BCUT2D eigenvalue weighted by molar-refractivity contribution is -0.384. The molecule has 0 aromatic heterocycles. The summed E-state index contributed by atoms with van der Waals surface area (Å²) in [5.41, 5.74) is 0.783. The zero-order valence-electron chi connectivity index (χ0n) is 14.1. The van der Waals surface area contributed by atoms with E-state index in [0.29, 0.717) is 11.3 Å². The molecule has 0 aliphatic heterocycles. The van der Waals surface area contributed by atoms with Crippen molar-refractivity contribution in [1.82, 2.24) is 0 Å². The van der Waals surface area contributed by atoms with Gasteiger partial charge in [-0.2, -0.15) is 0 Å². The molecule has 0 heterocycles. The summed E-state index contributed by atoms with van der Waals surface area (Å²) in [6, 6.07) is 11.2. The number of nitrogens with zero attached hydrogens (tertiary/aromatic N) is 1. The van der Waals surface area contributed by atoms with Crippen molar-refractivity contribution >= 4 is 29.0 Å². The number of carbonyl (C=O) groups excluding carboxylic acids is 3. The van der Waals surface area contributed by atoms with Gasteiger partial charge in [0.25, 0.3) is 11.6 Å². The highest BCUT2D eigenvalue weighted by molar-refractivity contribution is 5.99. The van der Waals surface area contributed by atoms with Crippen LogP contribution in [0.1, 0.15) is 34.6 Å². The van der Waals surface area contributed by atoms with Crippen molar-refractivity contribution < 1.29 is 24.0 Å². The van der Waals surface area contributed by atoms with Crippen LogP contribution in [-0.4, -0.2) is 28.7 Å². The van der Waals surface area contributed by atoms with E-state index >= 15 is 0 Å². The maximum absolute atomic E-state index is 12.1. The highest BCUT2D eigenvalue weighted by atomic mass is 16.6. The van der Waals surface area contributed by atoms with E-state index in [1.54, 1.807) is 18.2 Å². The molecule has 1 N–H and O–H groups in total. The summed E-state index contributed by atoms with van der Waals surface area (Å²) < 4.78 is 5.06. The predicted molar refractivity (Wildman–Crippen MR) is 93.1 cm³/mol. The Kier molecular flexibility index (Phi) is 5.79. The summed E-state index contributed by atoms with van der Waals surface area (Å²) in [6.45, 7) is 2.81. The Morgan fingerprint density at radius 1 is 1.08 bits per heavy atom. The van der Waals surface area contributed by atoms with Crippen molar-refractivity contribution in [2.75, 3.05) is 5.32 Å². The number of nitrogens with one attached hydrogen (secondary N) is 1. The normalized spacial score (nSPS) is 11.3. The minimum atomic E-state index is -1.10. The van der Waals surface area contributed by atoms with Gasteiger partial charge in [0.2, 0.25) is 0 Å². The van der Waals surface area contributed by atoms with Gasteiger partial charge in [-0.25, -0.2) is 4.79 Å². The van der Waals surface area contributed by atoms with Crippen molar-refractivity contribution in [3.63, 3.8) is 0 Å². The molecule has 0 unspecified atom stereocenters. The average molecular weight is 356 g/mol. The summed E-state index contributed by atoms with van der Waals surface area (Å²) in [6.07, 6.45) is -1.10. The molecule has 0 spiro atoms. The van der Waals surface area contributed by atoms with E-state index in [1.807, 2.05) is 0 Å². The summed E-state index contributed by atoms with van der Waals surface area (Å²) >= 11 is 0. The molecule has 1 amide bonds. The zero-order chi connectivity index (χ0) is 19.3. The molecule has 26 heavy (non-hydrogen) atoms. The topological polar surface area (TPSA) is 116 Å². The lowest BCUT2D eigenvalue weighted by Gasteiger charge is -2.14. The molecule has 0 aliphatic rings. The van der Waals surface area contributed by atoms with E-state index in [9.17, 15) is 24.5 Å². The van der Waals surface area contributed by atoms with Crippen molar-refractivity contribution in [3.8, 4) is 0 Å². The van der Waals surface area contributed by atoms with Crippen LogP contribution in [0.15, 0.2) is 48.5 Å². The molecule has 2 aromatic carbocycles. The lowest BCUT2D eigenvalue weighted by atomic mass is 10.1. The van der Waals surface area contributed by atoms with Crippen molar-refractivity contribution in [2.24, 2.45) is 0 Å². The number of Topliss-reactive ketones (excluding diaryl/α,β-unsaturated/α-hetero) is 1. The number of hydrogen-bond acceptors (Lipinski definition) is 6. The van der Waals surface area contributed by atoms with Crippen LogP contribution in [0.3, 0.4) is 0 Å². The molecule has 0 radical (unpaired) electrons. The maximum Gasteiger partial charge on any atom is 0.338 e. The molecule has 0 saturated heterocycles. The highest BCUT2D eigenvalue weighted by Crippen LogP contribution is 2.15. The van der Waals surface area contributed by atoms with Crippen molar-refractivity contribution in [3.05, 3.63) is 69.8 Å². The van der Waals surface area contributed by atoms with Gasteiger partial charge in [-0.05, 0) is 38.1 Å². The van der Waals surface area contributed by atoms with Crippen LogP contribution in [0.2, 0.25) is 0 Å². The first-order chi connectivity index (χ1) is 12.3. The third-order valence-electron chi connectivity index (χ3n) is 3.50. The number of anilines is 1. The van der Waals surface area contributed by atoms with Gasteiger partial charge >= 0.3 is 5.97 Å². The third-order valence-corrected chi connectivity index (χ3v) is 3.50. The number of nitro benzene ring substituents is 1. The first-order valence-electron chi connectivity index (χ1n) is 7.65. The second-order valence-corrected chi connectivity index (χ2v) is 5.48. The van der Waals surface area contributed by atoms with Gasteiger partial charge in [-0.15, -0.1) is 0 Å². The zero-order valence-corrected chi connectivity index (χ0v) is 14.1. The second-order valence-electron chi connectivity index (χ2n) is 5.48. The van der Waals surface area contributed by atoms with E-state index in [0.717, 1.165) is 0 Å². The molecule has 8 heteroatoms. The molecule has 0 saturated carbocycles. The van der Waals surface area contributed by atoms with Gasteiger partial charge in [-0.1, -0.05) is 12.1 Å². The molecule has 1 atom stereocenters. The van der Waals surface area contributed by atoms with Crippen LogP contribution in [0.25, 0.3) is 0 Å². The van der Waals surface area contributed by atoms with Crippen LogP contribution in [0, 0.1) is 10.1 Å². The number of non-ortho nitro benzene ring substituents is 1. The number of benzene rings is 2. The lowest BCUT2D eigenvalue weighted by Crippen LogP contribution is -2.30. The third kappa shape index (κ3) is 4.73.